The molecule has 0 radical (unpaired) electrons. The van der Waals surface area contributed by atoms with Gasteiger partial charge in [0.15, 0.2) is 0 Å². The van der Waals surface area contributed by atoms with Crippen LogP contribution in [0.4, 0.5) is 0 Å². The van der Waals surface area contributed by atoms with Crippen molar-refractivity contribution in [2.45, 2.75) is 89.7 Å². The first kappa shape index (κ1) is 33.7. The van der Waals surface area contributed by atoms with Crippen LogP contribution in [0, 0.1) is 24.7 Å². The molecule has 254 valence electrons. The number of nitrogens with one attached hydrogen (secondary N) is 2. The minimum atomic E-state index is -1.39. The predicted molar refractivity (Wildman–Crippen MR) is 178 cm³/mol. The lowest BCUT2D eigenvalue weighted by Crippen LogP contribution is -2.30. The van der Waals surface area contributed by atoms with Crippen molar-refractivity contribution in [2.24, 2.45) is 17.8 Å². The number of amides is 1. The van der Waals surface area contributed by atoms with E-state index in [2.05, 4.69) is 22.9 Å². The maximum absolute atomic E-state index is 12.6. The maximum atomic E-state index is 12.6. The zero-order valence-electron chi connectivity index (χ0n) is 27.0. The number of carbonyl (C=O) groups is 3. The number of fused-ring (bicyclic) bond motifs is 2. The molecule has 4 saturated heterocycles. The van der Waals surface area contributed by atoms with Crippen molar-refractivity contribution >= 4 is 49.2 Å². The maximum Gasteiger partial charge on any atom is 0.303 e. The third-order valence-electron chi connectivity index (χ3n) is 10.5. The Balaban J connectivity index is 1.39. The molecule has 5 aliphatic rings. The van der Waals surface area contributed by atoms with Gasteiger partial charge in [-0.3, -0.25) is 14.4 Å². The van der Waals surface area contributed by atoms with Gasteiger partial charge in [0.1, 0.15) is 0 Å². The number of thiol groups is 2. The van der Waals surface area contributed by atoms with Crippen molar-refractivity contribution in [3.8, 4) is 0 Å². The number of carboxylic acid groups (broad SMARTS) is 2. The summed E-state index contributed by atoms with van der Waals surface area (Å²) in [6, 6.07) is -0.150. The second kappa shape index (κ2) is 12.1. The Labute approximate surface area is 284 Å². The Morgan fingerprint density at radius 3 is 2.43 bits per heavy atom. The number of aromatic amines is 1. The van der Waals surface area contributed by atoms with Crippen LogP contribution in [0.2, 0.25) is 0 Å². The zero-order valence-corrected chi connectivity index (χ0v) is 28.8. The summed E-state index contributed by atoms with van der Waals surface area (Å²) in [6.07, 6.45) is 6.56. The highest BCUT2D eigenvalue weighted by Crippen LogP contribution is 2.62. The fraction of sp³-hybridized carbons (Fsp3) is 0.545. The SMILES string of the molecule is CC1=C(CCC(=O)O)/C(=C/c2[nH]c(C[C@H]3NC(=O)/C(=C\CS)C3C)c(C)c2CCC(=O)O)N2O[C@@]12/C=C1/[C@H]([C@H](C)S)[C@@H](C)[C@]2(O)ON12. The lowest BCUT2D eigenvalue weighted by atomic mass is 9.88. The molecule has 7 atom stereocenters. The highest BCUT2D eigenvalue weighted by molar-refractivity contribution is 7.81. The van der Waals surface area contributed by atoms with Crippen LogP contribution in [0.1, 0.15) is 69.5 Å². The molecule has 4 fully saturated rings. The van der Waals surface area contributed by atoms with Gasteiger partial charge in [0.2, 0.25) is 11.6 Å². The van der Waals surface area contributed by atoms with Gasteiger partial charge in [-0.1, -0.05) is 26.8 Å². The molecule has 0 bridgehead atoms. The van der Waals surface area contributed by atoms with E-state index >= 15 is 0 Å². The van der Waals surface area contributed by atoms with Crippen molar-refractivity contribution in [3.05, 3.63) is 62.8 Å². The summed E-state index contributed by atoms with van der Waals surface area (Å²) in [5, 5.41) is 36.3. The number of aliphatic carboxylic acids is 2. The second-order valence-electron chi connectivity index (χ2n) is 13.2. The Hall–Kier alpha value is -3.17. The number of rotatable bonds is 12. The number of H-pyrrole nitrogens is 1. The second-order valence-corrected chi connectivity index (χ2v) is 14.4. The third kappa shape index (κ3) is 5.61. The molecule has 6 rings (SSSR count). The topological polar surface area (TPSA) is 171 Å². The molecule has 0 saturated carbocycles. The number of hydrogen-bond acceptors (Lipinski definition) is 10. The van der Waals surface area contributed by atoms with Crippen LogP contribution < -0.4 is 5.32 Å². The normalized spacial score (nSPS) is 34.0. The first-order valence-corrected chi connectivity index (χ1v) is 17.1. The van der Waals surface area contributed by atoms with Crippen LogP contribution in [0.15, 0.2) is 40.3 Å². The molecular weight excluding hydrogens is 645 g/mol. The predicted octanol–water partition coefficient (Wildman–Crippen LogP) is 3.71. The minimum absolute atomic E-state index is 0.0322. The van der Waals surface area contributed by atoms with E-state index in [1.54, 1.807) is 5.06 Å². The summed E-state index contributed by atoms with van der Waals surface area (Å²) in [4.78, 5) is 51.3. The first-order valence-electron chi connectivity index (χ1n) is 15.9. The summed E-state index contributed by atoms with van der Waals surface area (Å²) in [5.41, 5.74) is 6.13. The molecule has 0 spiro atoms. The third-order valence-corrected chi connectivity index (χ3v) is 11.0. The van der Waals surface area contributed by atoms with Gasteiger partial charge in [-0.2, -0.15) is 30.3 Å². The molecule has 47 heavy (non-hydrogen) atoms. The van der Waals surface area contributed by atoms with Crippen LogP contribution in [0.5, 0.6) is 0 Å². The largest absolute Gasteiger partial charge is 0.481 e. The van der Waals surface area contributed by atoms with E-state index in [9.17, 15) is 29.7 Å². The Morgan fingerprint density at radius 2 is 1.79 bits per heavy atom. The van der Waals surface area contributed by atoms with E-state index in [4.69, 9.17) is 22.3 Å². The summed E-state index contributed by atoms with van der Waals surface area (Å²) >= 11 is 8.95. The van der Waals surface area contributed by atoms with E-state index in [0.717, 1.165) is 33.7 Å². The molecule has 1 unspecified atom stereocenters. The molecule has 14 heteroatoms. The van der Waals surface area contributed by atoms with E-state index in [0.29, 0.717) is 29.1 Å². The molecule has 1 aromatic heterocycles. The molecule has 1 aromatic rings. The van der Waals surface area contributed by atoms with Crippen LogP contribution in [0.25, 0.3) is 6.08 Å². The lowest BCUT2D eigenvalue weighted by molar-refractivity contribution is -0.138. The molecule has 5 N–H and O–H groups in total. The number of carboxylic acids is 2. The van der Waals surface area contributed by atoms with Crippen LogP contribution in [-0.2, 0) is 36.9 Å². The van der Waals surface area contributed by atoms with E-state index in [-0.39, 0.29) is 60.6 Å². The first-order chi connectivity index (χ1) is 22.1. The molecule has 6 heterocycles. The van der Waals surface area contributed by atoms with Crippen molar-refractivity contribution in [3.63, 3.8) is 0 Å². The van der Waals surface area contributed by atoms with Gasteiger partial charge in [0.05, 0.1) is 11.4 Å². The fourth-order valence-electron chi connectivity index (χ4n) is 7.61. The summed E-state index contributed by atoms with van der Waals surface area (Å²) < 4.78 is 0. The highest BCUT2D eigenvalue weighted by Gasteiger charge is 2.71. The van der Waals surface area contributed by atoms with Gasteiger partial charge < -0.3 is 25.6 Å². The van der Waals surface area contributed by atoms with E-state index in [1.165, 1.54) is 5.06 Å². The molecular formula is C33H42N4O8S2. The van der Waals surface area contributed by atoms with Gasteiger partial charge in [-0.05, 0) is 61.1 Å². The van der Waals surface area contributed by atoms with E-state index < -0.39 is 23.6 Å². The van der Waals surface area contributed by atoms with Gasteiger partial charge >= 0.3 is 11.9 Å². The van der Waals surface area contributed by atoms with Crippen LogP contribution in [0.3, 0.4) is 0 Å². The van der Waals surface area contributed by atoms with Crippen LogP contribution in [-0.4, -0.2) is 77.0 Å². The lowest BCUT2D eigenvalue weighted by Gasteiger charge is -2.23. The summed E-state index contributed by atoms with van der Waals surface area (Å²) in [6.45, 7) is 9.76. The Kier molecular flexibility index (Phi) is 8.65. The van der Waals surface area contributed by atoms with Crippen LogP contribution >= 0.6 is 25.3 Å². The van der Waals surface area contributed by atoms with Gasteiger partial charge in [-0.25, -0.2) is 14.7 Å². The summed E-state index contributed by atoms with van der Waals surface area (Å²) in [7, 11) is 0. The van der Waals surface area contributed by atoms with Crippen molar-refractivity contribution in [2.75, 3.05) is 5.75 Å². The summed E-state index contributed by atoms with van der Waals surface area (Å²) in [5.74, 6) is -3.25. The number of allylic oxidation sites excluding steroid dienone is 2. The van der Waals surface area contributed by atoms with Crippen molar-refractivity contribution < 1.29 is 39.4 Å². The molecule has 0 aliphatic carbocycles. The number of hydrogen-bond donors (Lipinski definition) is 7. The van der Waals surface area contributed by atoms with Gasteiger partial charge in [0, 0.05) is 71.0 Å². The average Bonchev–Trinajstić information content (AvgIpc) is 3.79. The number of hydroxylamine groups is 4. The van der Waals surface area contributed by atoms with Gasteiger partial charge in [-0.15, -0.1) is 0 Å². The molecule has 12 nitrogen and oxygen atoms in total. The quantitative estimate of drug-likeness (QED) is 0.0977. The number of aliphatic hydroxyl groups is 1. The Bertz CT molecular complexity index is 1660. The van der Waals surface area contributed by atoms with Gasteiger partial charge in [0.25, 0.3) is 5.91 Å². The average molecular weight is 687 g/mol. The molecule has 1 amide bonds. The number of nitrogens with zero attached hydrogens (tertiary/aromatic N) is 2. The van der Waals surface area contributed by atoms with Crippen molar-refractivity contribution in [1.29, 1.82) is 0 Å². The highest BCUT2D eigenvalue weighted by atomic mass is 32.1. The monoisotopic (exact) mass is 686 g/mol. The van der Waals surface area contributed by atoms with Crippen molar-refractivity contribution in [1.82, 2.24) is 20.4 Å². The number of aromatic nitrogens is 1. The Morgan fingerprint density at radius 1 is 1.11 bits per heavy atom. The standard InChI is InChI=1S/C33H42N4O8S2/c1-15-20(6-8-28(38)39)25(34-23(15)12-24-16(2)21(10-11-46)31(42)35-24)13-26-22(7-9-29(40)41)17(3)32(36(26)44-32)14-27-30(19(5)47)18(4)33(43)37(27)45-33/h10,13-14,16,18-19,24,30,34,43,46-47H,6-9,11-12H2,1-5H3,(H,35,42)(H,38,39)(H,40,41)/b21-10-,26-13-,27-14-/t16?,18-,19+,24-,30+,32+,33+,36?,37?/m1/s1. The molecule has 0 aromatic carbocycles. The van der Waals surface area contributed by atoms with E-state index in [1.807, 2.05) is 52.8 Å². The fourth-order valence-corrected chi connectivity index (χ4v) is 8.22. The molecule has 5 aliphatic heterocycles. The zero-order chi connectivity index (χ0) is 34.2. The smallest absolute Gasteiger partial charge is 0.303 e. The minimum Gasteiger partial charge on any atom is -0.481 e. The number of carbonyl (C=O) groups excluding carboxylic acids is 1.